The van der Waals surface area contributed by atoms with E-state index in [0.717, 1.165) is 44.9 Å². The van der Waals surface area contributed by atoms with Crippen molar-refractivity contribution in [1.82, 2.24) is 4.57 Å². The fourth-order valence-corrected chi connectivity index (χ4v) is 10.1. The molecule has 68 heavy (non-hydrogen) atoms. The van der Waals surface area contributed by atoms with Gasteiger partial charge in [-0.05, 0) is 98.1 Å². The lowest BCUT2D eigenvalue weighted by molar-refractivity contribution is 1.18. The number of anilines is 3. The van der Waals surface area contributed by atoms with Gasteiger partial charge in [0, 0.05) is 33.3 Å². The predicted molar refractivity (Wildman–Crippen MR) is 288 cm³/mol. The zero-order chi connectivity index (χ0) is 45.2. The monoisotopic (exact) mass is 866 g/mol. The van der Waals surface area contributed by atoms with Gasteiger partial charge in [0.1, 0.15) is 0 Å². The molecular formula is C66H46N2. The quantitative estimate of drug-likeness (QED) is 0.133. The highest BCUT2D eigenvalue weighted by molar-refractivity contribution is 6.11. The number of nitrogens with zero attached hydrogens (tertiary/aromatic N) is 2. The Balaban J connectivity index is 1.10. The van der Waals surface area contributed by atoms with E-state index in [1.165, 1.54) is 66.4 Å². The molecule has 0 N–H and O–H groups in total. The molecule has 0 atom stereocenters. The highest BCUT2D eigenvalue weighted by Crippen LogP contribution is 2.48. The predicted octanol–water partition coefficient (Wildman–Crippen LogP) is 18.3. The van der Waals surface area contributed by atoms with Crippen LogP contribution < -0.4 is 4.90 Å². The minimum atomic E-state index is 1.06. The first-order chi connectivity index (χ1) is 33.8. The number of para-hydroxylation sites is 3. The summed E-state index contributed by atoms with van der Waals surface area (Å²) in [5, 5.41) is 2.42. The Bertz CT molecular complexity index is 3710. The zero-order valence-corrected chi connectivity index (χ0v) is 37.5. The Labute approximate surface area is 397 Å². The van der Waals surface area contributed by atoms with Gasteiger partial charge in [-0.1, -0.05) is 237 Å². The second kappa shape index (κ2) is 17.8. The minimum absolute atomic E-state index is 1.06. The highest BCUT2D eigenvalue weighted by Gasteiger charge is 2.23. The van der Waals surface area contributed by atoms with Crippen LogP contribution in [0.1, 0.15) is 0 Å². The van der Waals surface area contributed by atoms with E-state index in [9.17, 15) is 0 Å². The molecule has 0 aliphatic carbocycles. The van der Waals surface area contributed by atoms with E-state index in [0.29, 0.717) is 0 Å². The van der Waals surface area contributed by atoms with Gasteiger partial charge in [0.15, 0.2) is 0 Å². The maximum absolute atomic E-state index is 2.47. The van der Waals surface area contributed by atoms with Crippen LogP contribution in [-0.2, 0) is 0 Å². The number of fused-ring (bicyclic) bond motifs is 3. The molecule has 0 bridgehead atoms. The largest absolute Gasteiger partial charge is 0.310 e. The smallest absolute Gasteiger partial charge is 0.0562 e. The van der Waals surface area contributed by atoms with Gasteiger partial charge < -0.3 is 9.47 Å². The van der Waals surface area contributed by atoms with Gasteiger partial charge in [-0.2, -0.15) is 0 Å². The first kappa shape index (κ1) is 40.5. The molecule has 0 spiro atoms. The third kappa shape index (κ3) is 7.45. The van der Waals surface area contributed by atoms with E-state index >= 15 is 0 Å². The summed E-state index contributed by atoms with van der Waals surface area (Å²) < 4.78 is 2.47. The van der Waals surface area contributed by atoms with E-state index in [-0.39, 0.29) is 0 Å². The minimum Gasteiger partial charge on any atom is -0.310 e. The number of rotatable bonds is 10. The molecule has 0 saturated carbocycles. The summed E-state index contributed by atoms with van der Waals surface area (Å²) in [6.07, 6.45) is 0. The third-order valence-corrected chi connectivity index (χ3v) is 13.2. The number of aromatic nitrogens is 1. The molecule has 0 aliphatic heterocycles. The third-order valence-electron chi connectivity index (χ3n) is 13.2. The number of hydrogen-bond acceptors (Lipinski definition) is 1. The first-order valence-corrected chi connectivity index (χ1v) is 23.3. The van der Waals surface area contributed by atoms with E-state index in [2.05, 4.69) is 289 Å². The molecule has 0 amide bonds. The van der Waals surface area contributed by atoms with Crippen LogP contribution in [0.4, 0.5) is 17.1 Å². The van der Waals surface area contributed by atoms with Crippen LogP contribution >= 0.6 is 0 Å². The van der Waals surface area contributed by atoms with Crippen LogP contribution in [0.15, 0.2) is 279 Å². The van der Waals surface area contributed by atoms with E-state index in [1.807, 2.05) is 0 Å². The van der Waals surface area contributed by atoms with Crippen LogP contribution in [0.25, 0.3) is 94.3 Å². The van der Waals surface area contributed by atoms with Crippen LogP contribution in [0.2, 0.25) is 0 Å². The van der Waals surface area contributed by atoms with Crippen molar-refractivity contribution < 1.29 is 0 Å². The lowest BCUT2D eigenvalue weighted by Crippen LogP contribution is -2.12. The fourth-order valence-electron chi connectivity index (χ4n) is 10.1. The summed E-state index contributed by atoms with van der Waals surface area (Å²) in [5.74, 6) is 0. The lowest BCUT2D eigenvalue weighted by Gasteiger charge is -2.29. The standard InChI is InChI=1S/C66H46N2/c1-5-21-47(22-6-1)48-37-39-51(40-38-48)58-32-17-19-35-63(58)68-64-36-20-18-34-60(64)62-44-42-54(46-66(62)68)67(53-27-11-4-12-28-53)65-45-52(57-31-14-13-29-55(57)49-23-7-2-8-24-49)41-43-61(65)59-33-16-15-30-56(59)50-25-9-3-10-26-50/h1-46H. The number of hydrogen-bond donors (Lipinski definition) is 0. The summed E-state index contributed by atoms with van der Waals surface area (Å²) in [6, 6.07) is 101. The van der Waals surface area contributed by atoms with Crippen molar-refractivity contribution in [2.24, 2.45) is 0 Å². The van der Waals surface area contributed by atoms with Crippen molar-refractivity contribution >= 4 is 38.9 Å². The molecule has 2 heteroatoms. The van der Waals surface area contributed by atoms with E-state index in [1.54, 1.807) is 0 Å². The highest BCUT2D eigenvalue weighted by atomic mass is 15.1. The molecule has 2 nitrogen and oxygen atoms in total. The van der Waals surface area contributed by atoms with E-state index < -0.39 is 0 Å². The van der Waals surface area contributed by atoms with Gasteiger partial charge in [0.25, 0.3) is 0 Å². The molecule has 0 radical (unpaired) electrons. The Morgan fingerprint density at radius 2 is 0.676 bits per heavy atom. The van der Waals surface area contributed by atoms with Crippen molar-refractivity contribution in [1.29, 1.82) is 0 Å². The summed E-state index contributed by atoms with van der Waals surface area (Å²) in [7, 11) is 0. The molecule has 0 unspecified atom stereocenters. The normalized spacial score (nSPS) is 11.2. The lowest BCUT2D eigenvalue weighted by atomic mass is 9.89. The van der Waals surface area contributed by atoms with Crippen molar-refractivity contribution in [2.75, 3.05) is 4.90 Å². The van der Waals surface area contributed by atoms with Crippen molar-refractivity contribution in [3.8, 4) is 72.4 Å². The average Bonchev–Trinajstić information content (AvgIpc) is 3.75. The van der Waals surface area contributed by atoms with Gasteiger partial charge in [-0.15, -0.1) is 0 Å². The van der Waals surface area contributed by atoms with Crippen molar-refractivity contribution in [2.45, 2.75) is 0 Å². The summed E-state index contributed by atoms with van der Waals surface area (Å²) in [4.78, 5) is 2.46. The Kier molecular flexibility index (Phi) is 10.6. The SMILES string of the molecule is c1ccc(-c2ccc(-c3ccccc3-n3c4ccccc4c4ccc(N(c5ccccc5)c5cc(-c6ccccc6-c6ccccc6)ccc5-c5ccccc5-c5ccccc5)cc43)cc2)cc1. The summed E-state index contributed by atoms with van der Waals surface area (Å²) >= 11 is 0. The van der Waals surface area contributed by atoms with Crippen molar-refractivity contribution in [3.63, 3.8) is 0 Å². The summed E-state index contributed by atoms with van der Waals surface area (Å²) in [6.45, 7) is 0. The number of benzene rings is 11. The Morgan fingerprint density at radius 3 is 1.34 bits per heavy atom. The van der Waals surface area contributed by atoms with Crippen molar-refractivity contribution in [3.05, 3.63) is 279 Å². The molecule has 11 aromatic carbocycles. The Hall–Kier alpha value is -8.98. The molecule has 0 saturated heterocycles. The van der Waals surface area contributed by atoms with E-state index in [4.69, 9.17) is 0 Å². The maximum atomic E-state index is 2.47. The molecule has 1 heterocycles. The topological polar surface area (TPSA) is 8.17 Å². The van der Waals surface area contributed by atoms with Crippen LogP contribution in [-0.4, -0.2) is 4.57 Å². The van der Waals surface area contributed by atoms with Gasteiger partial charge >= 0.3 is 0 Å². The van der Waals surface area contributed by atoms with Gasteiger partial charge in [-0.25, -0.2) is 0 Å². The zero-order valence-electron chi connectivity index (χ0n) is 37.5. The van der Waals surface area contributed by atoms with Gasteiger partial charge in [0.05, 0.1) is 22.4 Å². The first-order valence-electron chi connectivity index (χ1n) is 23.3. The summed E-state index contributed by atoms with van der Waals surface area (Å²) in [5.41, 5.74) is 20.8. The second-order valence-electron chi connectivity index (χ2n) is 17.2. The molecule has 1 aromatic heterocycles. The Morgan fingerprint density at radius 1 is 0.235 bits per heavy atom. The molecule has 0 fully saturated rings. The molecule has 320 valence electrons. The second-order valence-corrected chi connectivity index (χ2v) is 17.2. The maximum Gasteiger partial charge on any atom is 0.0562 e. The average molecular weight is 867 g/mol. The van der Waals surface area contributed by atoms with Crippen LogP contribution in [0, 0.1) is 0 Å². The molecule has 0 aliphatic rings. The van der Waals surface area contributed by atoms with Gasteiger partial charge in [-0.3, -0.25) is 0 Å². The fraction of sp³-hybridized carbons (Fsp3) is 0. The van der Waals surface area contributed by atoms with Crippen LogP contribution in [0.5, 0.6) is 0 Å². The molecule has 12 aromatic rings. The van der Waals surface area contributed by atoms with Crippen LogP contribution in [0.3, 0.4) is 0 Å². The molecule has 12 rings (SSSR count). The van der Waals surface area contributed by atoms with Gasteiger partial charge in [0.2, 0.25) is 0 Å². The molecular weight excluding hydrogens is 821 g/mol.